The zero-order valence-corrected chi connectivity index (χ0v) is 17.4. The third kappa shape index (κ3) is 4.18. The van der Waals surface area contributed by atoms with Crippen molar-refractivity contribution in [3.8, 4) is 17.0 Å². The van der Waals surface area contributed by atoms with Crippen LogP contribution in [0.25, 0.3) is 11.3 Å². The summed E-state index contributed by atoms with van der Waals surface area (Å²) < 4.78 is 10.2. The number of hydrogen-bond acceptors (Lipinski definition) is 7. The molecule has 30 heavy (non-hydrogen) atoms. The van der Waals surface area contributed by atoms with Crippen molar-refractivity contribution in [3.63, 3.8) is 0 Å². The normalized spacial score (nSPS) is 10.5. The molecule has 1 aromatic carbocycles. The number of aromatic nitrogens is 2. The average molecular weight is 428 g/mol. The summed E-state index contributed by atoms with van der Waals surface area (Å²) in [5.74, 6) is -1.15. The van der Waals surface area contributed by atoms with Gasteiger partial charge in [-0.1, -0.05) is 0 Å². The van der Waals surface area contributed by atoms with Gasteiger partial charge < -0.3 is 20.5 Å². The van der Waals surface area contributed by atoms with Crippen molar-refractivity contribution in [2.75, 3.05) is 19.0 Å². The summed E-state index contributed by atoms with van der Waals surface area (Å²) in [5, 5.41) is 9.66. The number of nitrogens with two attached hydrogens (primary N) is 1. The molecule has 2 aromatic heterocycles. The van der Waals surface area contributed by atoms with E-state index in [9.17, 15) is 14.4 Å². The number of primary amides is 1. The van der Waals surface area contributed by atoms with Gasteiger partial charge in [0.25, 0.3) is 11.8 Å². The number of nitrogens with zero attached hydrogens (tertiary/aromatic N) is 1. The first-order valence-corrected chi connectivity index (χ1v) is 9.78. The fraction of sp³-hybridized carbons (Fsp3) is 0.200. The van der Waals surface area contributed by atoms with Gasteiger partial charge >= 0.3 is 5.97 Å². The van der Waals surface area contributed by atoms with Gasteiger partial charge in [0.15, 0.2) is 0 Å². The van der Waals surface area contributed by atoms with E-state index >= 15 is 0 Å². The molecule has 2 amide bonds. The fourth-order valence-electron chi connectivity index (χ4n) is 2.80. The number of nitrogens with one attached hydrogen (secondary N) is 2. The number of carbonyl (C=O) groups excluding carboxylic acids is 3. The molecule has 3 rings (SSSR count). The van der Waals surface area contributed by atoms with Crippen molar-refractivity contribution >= 4 is 34.1 Å². The van der Waals surface area contributed by atoms with Crippen LogP contribution in [0.4, 0.5) is 5.00 Å². The topological polar surface area (TPSA) is 136 Å². The number of thiophene rings is 1. The fourth-order valence-corrected chi connectivity index (χ4v) is 3.85. The Labute approximate surface area is 176 Å². The van der Waals surface area contributed by atoms with Gasteiger partial charge in [-0.15, -0.1) is 11.3 Å². The Kier molecular flexibility index (Phi) is 6.17. The van der Waals surface area contributed by atoms with Gasteiger partial charge in [-0.25, -0.2) is 4.79 Å². The average Bonchev–Trinajstić information content (AvgIpc) is 3.33. The highest BCUT2D eigenvalue weighted by Crippen LogP contribution is 2.34. The SMILES string of the molecule is CCOC(=O)c1c(NC(=O)c2cc(-c3ccc(OC)cc3)n[nH]2)sc(C(N)=O)c1C. The van der Waals surface area contributed by atoms with E-state index in [1.54, 1.807) is 39.2 Å². The number of rotatable bonds is 7. The molecule has 3 aromatic rings. The Hall–Kier alpha value is -3.66. The maximum absolute atomic E-state index is 12.7. The number of benzene rings is 1. The molecule has 0 aliphatic heterocycles. The Bertz CT molecular complexity index is 1100. The monoisotopic (exact) mass is 428 g/mol. The van der Waals surface area contributed by atoms with Gasteiger partial charge in [0.2, 0.25) is 0 Å². The molecule has 0 unspecified atom stereocenters. The van der Waals surface area contributed by atoms with E-state index < -0.39 is 17.8 Å². The Balaban J connectivity index is 1.87. The smallest absolute Gasteiger partial charge is 0.341 e. The summed E-state index contributed by atoms with van der Waals surface area (Å²) in [6.07, 6.45) is 0. The van der Waals surface area contributed by atoms with Crippen molar-refractivity contribution in [3.05, 3.63) is 52.0 Å². The third-order valence-electron chi connectivity index (χ3n) is 4.29. The van der Waals surface area contributed by atoms with E-state index in [0.717, 1.165) is 16.9 Å². The number of H-pyrrole nitrogens is 1. The van der Waals surface area contributed by atoms with E-state index in [4.69, 9.17) is 15.2 Å². The first-order chi connectivity index (χ1) is 14.3. The number of amides is 2. The highest BCUT2D eigenvalue weighted by molar-refractivity contribution is 7.18. The summed E-state index contributed by atoms with van der Waals surface area (Å²) in [6.45, 7) is 3.40. The lowest BCUT2D eigenvalue weighted by Crippen LogP contribution is -2.15. The lowest BCUT2D eigenvalue weighted by molar-refractivity contribution is 0.0527. The highest BCUT2D eigenvalue weighted by Gasteiger charge is 2.26. The first kappa shape index (κ1) is 21.1. The van der Waals surface area contributed by atoms with E-state index in [0.29, 0.717) is 17.0 Å². The van der Waals surface area contributed by atoms with Crippen LogP contribution in [-0.4, -0.2) is 41.7 Å². The molecule has 9 nitrogen and oxygen atoms in total. The van der Waals surface area contributed by atoms with Crippen LogP contribution in [0.3, 0.4) is 0 Å². The van der Waals surface area contributed by atoms with Crippen LogP contribution in [0.1, 0.15) is 43.0 Å². The zero-order valence-electron chi connectivity index (χ0n) is 16.6. The van der Waals surface area contributed by atoms with Gasteiger partial charge in [-0.2, -0.15) is 5.10 Å². The summed E-state index contributed by atoms with van der Waals surface area (Å²) in [7, 11) is 1.58. The van der Waals surface area contributed by atoms with E-state index in [-0.39, 0.29) is 27.7 Å². The number of esters is 1. The van der Waals surface area contributed by atoms with Gasteiger partial charge in [0, 0.05) is 5.56 Å². The minimum Gasteiger partial charge on any atom is -0.497 e. The molecule has 0 saturated heterocycles. The molecule has 0 radical (unpaired) electrons. The van der Waals surface area contributed by atoms with E-state index in [1.807, 2.05) is 12.1 Å². The predicted octanol–water partition coefficient (Wildman–Crippen LogP) is 2.98. The van der Waals surface area contributed by atoms with Crippen molar-refractivity contribution in [2.24, 2.45) is 5.73 Å². The van der Waals surface area contributed by atoms with Crippen LogP contribution < -0.4 is 15.8 Å². The van der Waals surface area contributed by atoms with Gasteiger partial charge in [-0.3, -0.25) is 14.7 Å². The number of hydrogen-bond donors (Lipinski definition) is 3. The number of ether oxygens (including phenoxy) is 2. The first-order valence-electron chi connectivity index (χ1n) is 8.97. The number of carbonyl (C=O) groups is 3. The maximum Gasteiger partial charge on any atom is 0.341 e. The maximum atomic E-state index is 12.7. The second-order valence-electron chi connectivity index (χ2n) is 6.19. The second kappa shape index (κ2) is 8.78. The van der Waals surface area contributed by atoms with Crippen LogP contribution in [0.2, 0.25) is 0 Å². The van der Waals surface area contributed by atoms with Crippen molar-refractivity contribution in [2.45, 2.75) is 13.8 Å². The third-order valence-corrected chi connectivity index (χ3v) is 5.51. The quantitative estimate of drug-likeness (QED) is 0.495. The molecule has 0 aliphatic carbocycles. The lowest BCUT2D eigenvalue weighted by atomic mass is 10.1. The molecular weight excluding hydrogens is 408 g/mol. The molecule has 0 saturated carbocycles. The molecule has 0 spiro atoms. The Morgan fingerprint density at radius 2 is 1.93 bits per heavy atom. The predicted molar refractivity (Wildman–Crippen MR) is 112 cm³/mol. The lowest BCUT2D eigenvalue weighted by Gasteiger charge is -2.06. The summed E-state index contributed by atoms with van der Waals surface area (Å²) >= 11 is 0.923. The minimum absolute atomic E-state index is 0.110. The summed E-state index contributed by atoms with van der Waals surface area (Å²) in [4.78, 5) is 36.9. The van der Waals surface area contributed by atoms with Crippen molar-refractivity contribution in [1.82, 2.24) is 10.2 Å². The zero-order chi connectivity index (χ0) is 21.8. The molecule has 10 heteroatoms. The number of anilines is 1. The Morgan fingerprint density at radius 1 is 1.23 bits per heavy atom. The van der Waals surface area contributed by atoms with Crippen LogP contribution in [0, 0.1) is 6.92 Å². The Morgan fingerprint density at radius 3 is 2.53 bits per heavy atom. The van der Waals surface area contributed by atoms with Crippen LogP contribution in [-0.2, 0) is 4.74 Å². The van der Waals surface area contributed by atoms with Crippen LogP contribution >= 0.6 is 11.3 Å². The molecule has 2 heterocycles. The molecule has 4 N–H and O–H groups in total. The minimum atomic E-state index is -0.688. The van der Waals surface area contributed by atoms with Crippen molar-refractivity contribution in [1.29, 1.82) is 0 Å². The second-order valence-corrected chi connectivity index (χ2v) is 7.22. The van der Waals surface area contributed by atoms with Gasteiger partial charge in [0.05, 0.1) is 29.9 Å². The van der Waals surface area contributed by atoms with Crippen LogP contribution in [0.5, 0.6) is 5.75 Å². The number of aromatic amines is 1. The largest absolute Gasteiger partial charge is 0.497 e. The number of methoxy groups -OCH3 is 1. The van der Waals surface area contributed by atoms with Crippen LogP contribution in [0.15, 0.2) is 30.3 Å². The summed E-state index contributed by atoms with van der Waals surface area (Å²) in [6, 6.07) is 8.79. The molecular formula is C20H20N4O5S. The van der Waals surface area contributed by atoms with E-state index in [2.05, 4.69) is 15.5 Å². The molecule has 0 aliphatic rings. The van der Waals surface area contributed by atoms with E-state index in [1.165, 1.54) is 0 Å². The van der Waals surface area contributed by atoms with Crippen molar-refractivity contribution < 1.29 is 23.9 Å². The van der Waals surface area contributed by atoms with Gasteiger partial charge in [-0.05, 0) is 49.7 Å². The highest BCUT2D eigenvalue weighted by atomic mass is 32.1. The summed E-state index contributed by atoms with van der Waals surface area (Å²) in [5.41, 5.74) is 7.40. The molecule has 156 valence electrons. The molecule has 0 bridgehead atoms. The van der Waals surface area contributed by atoms with Gasteiger partial charge in [0.1, 0.15) is 16.4 Å². The molecule has 0 fully saturated rings. The molecule has 0 atom stereocenters. The standard InChI is InChI=1S/C20H20N4O5S/c1-4-29-20(27)15-10(2)16(17(21)25)30-19(15)22-18(26)14-9-13(23-24-14)11-5-7-12(28-3)8-6-11/h5-9H,4H2,1-3H3,(H2,21,25)(H,22,26)(H,23,24).